The maximum Gasteiger partial charge on any atom is 0.251 e. The van der Waals surface area contributed by atoms with Crippen LogP contribution >= 0.6 is 0 Å². The summed E-state index contributed by atoms with van der Waals surface area (Å²) in [5.74, 6) is -0.282. The molecule has 0 atom stereocenters. The van der Waals surface area contributed by atoms with Gasteiger partial charge in [0.2, 0.25) is 10.0 Å². The van der Waals surface area contributed by atoms with Crippen LogP contribution in [0.2, 0.25) is 0 Å². The smallest absolute Gasteiger partial charge is 0.251 e. The van der Waals surface area contributed by atoms with Crippen molar-refractivity contribution in [3.63, 3.8) is 0 Å². The molecule has 2 aromatic rings. The maximum atomic E-state index is 12.3. The lowest BCUT2D eigenvalue weighted by Gasteiger charge is -2.14. The van der Waals surface area contributed by atoms with Crippen LogP contribution in [-0.2, 0) is 16.4 Å². The normalized spacial score (nSPS) is 11.7. The monoisotopic (exact) mass is 335 g/mol. The van der Waals surface area contributed by atoms with E-state index in [4.69, 9.17) is 0 Å². The van der Waals surface area contributed by atoms with Gasteiger partial charge in [0.15, 0.2) is 0 Å². The molecule has 0 aliphatic carbocycles. The molecular weight excluding hydrogens is 314 g/mol. The highest BCUT2D eigenvalue weighted by atomic mass is 32.2. The van der Waals surface area contributed by atoms with Gasteiger partial charge >= 0.3 is 0 Å². The van der Waals surface area contributed by atoms with Crippen molar-refractivity contribution in [1.82, 2.24) is 14.6 Å². The van der Waals surface area contributed by atoms with E-state index in [0.717, 1.165) is 9.87 Å². The Labute approximate surface area is 136 Å². The fourth-order valence-electron chi connectivity index (χ4n) is 2.15. The summed E-state index contributed by atoms with van der Waals surface area (Å²) in [7, 11) is -0.629. The average molecular weight is 335 g/mol. The average Bonchev–Trinajstić information content (AvgIpc) is 3.00. The van der Waals surface area contributed by atoms with Crippen LogP contribution in [0, 0.1) is 6.92 Å². The molecule has 0 radical (unpaired) electrons. The molecule has 7 heteroatoms. The molecule has 0 spiro atoms. The number of nitrogens with one attached hydrogen (secondary N) is 2. The van der Waals surface area contributed by atoms with Crippen LogP contribution in [0.1, 0.15) is 21.5 Å². The second-order valence-electron chi connectivity index (χ2n) is 5.49. The van der Waals surface area contributed by atoms with E-state index in [0.29, 0.717) is 24.1 Å². The summed E-state index contributed by atoms with van der Waals surface area (Å²) in [5, 5.41) is 2.80. The number of aryl methyl sites for hydroxylation is 1. The molecule has 1 aromatic heterocycles. The first-order valence-electron chi connectivity index (χ1n) is 7.25. The molecule has 1 aromatic carbocycles. The lowest BCUT2D eigenvalue weighted by atomic mass is 10.1. The predicted molar refractivity (Wildman–Crippen MR) is 88.9 cm³/mol. The largest absolute Gasteiger partial charge is 0.367 e. The molecule has 1 heterocycles. The van der Waals surface area contributed by atoms with Crippen LogP contribution in [0.3, 0.4) is 0 Å². The number of carbonyl (C=O) groups is 1. The van der Waals surface area contributed by atoms with E-state index in [1.54, 1.807) is 19.1 Å². The highest BCUT2D eigenvalue weighted by Crippen LogP contribution is 2.19. The van der Waals surface area contributed by atoms with Crippen LogP contribution in [0.5, 0.6) is 0 Å². The van der Waals surface area contributed by atoms with Crippen LogP contribution in [0.25, 0.3) is 0 Å². The molecule has 6 nitrogen and oxygen atoms in total. The van der Waals surface area contributed by atoms with Crippen LogP contribution in [0.15, 0.2) is 41.6 Å². The second-order valence-corrected chi connectivity index (χ2v) is 7.61. The number of nitrogens with zero attached hydrogens (tertiary/aromatic N) is 1. The zero-order valence-electron chi connectivity index (χ0n) is 13.5. The van der Waals surface area contributed by atoms with Gasteiger partial charge in [0, 0.05) is 38.6 Å². The molecule has 2 N–H and O–H groups in total. The van der Waals surface area contributed by atoms with Crippen molar-refractivity contribution in [2.45, 2.75) is 18.2 Å². The molecule has 1 amide bonds. The minimum atomic E-state index is -3.57. The van der Waals surface area contributed by atoms with E-state index in [1.165, 1.54) is 20.2 Å². The van der Waals surface area contributed by atoms with Gasteiger partial charge in [-0.2, -0.15) is 0 Å². The predicted octanol–water partition coefficient (Wildman–Crippen LogP) is 1.55. The number of aromatic nitrogens is 1. The molecule has 0 saturated carbocycles. The molecule has 2 rings (SSSR count). The number of sulfonamides is 1. The van der Waals surface area contributed by atoms with Crippen LogP contribution in [-0.4, -0.2) is 44.3 Å². The fraction of sp³-hybridized carbons (Fsp3) is 0.312. The van der Waals surface area contributed by atoms with Crippen molar-refractivity contribution in [3.8, 4) is 0 Å². The zero-order chi connectivity index (χ0) is 17.0. The molecule has 0 aliphatic rings. The highest BCUT2D eigenvalue weighted by Gasteiger charge is 2.21. The lowest BCUT2D eigenvalue weighted by Crippen LogP contribution is -2.27. The van der Waals surface area contributed by atoms with Crippen LogP contribution in [0.4, 0.5) is 0 Å². The van der Waals surface area contributed by atoms with Gasteiger partial charge in [0.05, 0.1) is 4.90 Å². The van der Waals surface area contributed by atoms with Gasteiger partial charge in [-0.25, -0.2) is 12.7 Å². The molecule has 23 heavy (non-hydrogen) atoms. The molecule has 0 bridgehead atoms. The third-order valence-corrected chi connectivity index (χ3v) is 5.53. The molecule has 0 aliphatic heterocycles. The Hall–Kier alpha value is -2.12. The Kier molecular flexibility index (Phi) is 5.23. The molecule has 0 fully saturated rings. The number of rotatable bonds is 6. The second kappa shape index (κ2) is 6.97. The van der Waals surface area contributed by atoms with E-state index >= 15 is 0 Å². The van der Waals surface area contributed by atoms with Gasteiger partial charge in [-0.15, -0.1) is 0 Å². The summed E-state index contributed by atoms with van der Waals surface area (Å²) in [6.45, 7) is 2.20. The summed E-state index contributed by atoms with van der Waals surface area (Å²) in [5.41, 5.74) is 2.05. The third kappa shape index (κ3) is 4.00. The number of aromatic amines is 1. The Morgan fingerprint density at radius 3 is 2.61 bits per heavy atom. The molecule has 124 valence electrons. The van der Waals surface area contributed by atoms with Crippen molar-refractivity contribution in [2.75, 3.05) is 20.6 Å². The van der Waals surface area contributed by atoms with Crippen molar-refractivity contribution in [2.24, 2.45) is 0 Å². The third-order valence-electron chi connectivity index (χ3n) is 3.57. The first kappa shape index (κ1) is 17.2. The highest BCUT2D eigenvalue weighted by molar-refractivity contribution is 7.89. The number of amides is 1. The summed E-state index contributed by atoms with van der Waals surface area (Å²) >= 11 is 0. The summed E-state index contributed by atoms with van der Waals surface area (Å²) in [6, 6.07) is 6.66. The van der Waals surface area contributed by atoms with Crippen molar-refractivity contribution < 1.29 is 13.2 Å². The summed E-state index contributed by atoms with van der Waals surface area (Å²) < 4.78 is 25.7. The molecule has 0 unspecified atom stereocenters. The number of carbonyl (C=O) groups excluding carboxylic acids is 1. The number of hydrogen-bond donors (Lipinski definition) is 2. The SMILES string of the molecule is Cc1ccc(C(=O)NCCc2cc[nH]c2)cc1S(=O)(=O)N(C)C. The van der Waals surface area contributed by atoms with Crippen LogP contribution < -0.4 is 5.32 Å². The topological polar surface area (TPSA) is 82.3 Å². The summed E-state index contributed by atoms with van der Waals surface area (Å²) in [6.07, 6.45) is 4.42. The van der Waals surface area contributed by atoms with Crippen molar-refractivity contribution in [3.05, 3.63) is 53.3 Å². The van der Waals surface area contributed by atoms with Gasteiger partial charge in [-0.3, -0.25) is 4.79 Å². The van der Waals surface area contributed by atoms with Gasteiger partial charge < -0.3 is 10.3 Å². The zero-order valence-corrected chi connectivity index (χ0v) is 14.3. The Bertz CT molecular complexity index is 781. The first-order chi connectivity index (χ1) is 10.8. The minimum Gasteiger partial charge on any atom is -0.367 e. The Morgan fingerprint density at radius 2 is 2.00 bits per heavy atom. The van der Waals surface area contributed by atoms with E-state index in [-0.39, 0.29) is 10.8 Å². The van der Waals surface area contributed by atoms with Gasteiger partial charge in [0.25, 0.3) is 5.91 Å². The van der Waals surface area contributed by atoms with E-state index < -0.39 is 10.0 Å². The maximum absolute atomic E-state index is 12.3. The van der Waals surface area contributed by atoms with E-state index in [9.17, 15) is 13.2 Å². The number of H-pyrrole nitrogens is 1. The number of benzene rings is 1. The van der Waals surface area contributed by atoms with Crippen molar-refractivity contribution >= 4 is 15.9 Å². The lowest BCUT2D eigenvalue weighted by molar-refractivity contribution is 0.0954. The van der Waals surface area contributed by atoms with Gasteiger partial charge in [-0.05, 0) is 42.7 Å². The summed E-state index contributed by atoms with van der Waals surface area (Å²) in [4.78, 5) is 15.3. The van der Waals surface area contributed by atoms with E-state index in [2.05, 4.69) is 10.3 Å². The van der Waals surface area contributed by atoms with Gasteiger partial charge in [-0.1, -0.05) is 6.07 Å². The van der Waals surface area contributed by atoms with Crippen molar-refractivity contribution in [1.29, 1.82) is 0 Å². The Morgan fingerprint density at radius 1 is 1.26 bits per heavy atom. The first-order valence-corrected chi connectivity index (χ1v) is 8.69. The molecule has 0 saturated heterocycles. The minimum absolute atomic E-state index is 0.154. The standard InChI is InChI=1S/C16H21N3O3S/c1-12-4-5-14(10-15(12)23(21,22)19(2)3)16(20)18-9-7-13-6-8-17-11-13/h4-6,8,10-11,17H,7,9H2,1-3H3,(H,18,20). The van der Waals surface area contributed by atoms with Gasteiger partial charge in [0.1, 0.15) is 0 Å². The fourth-order valence-corrected chi connectivity index (χ4v) is 3.30. The van der Waals surface area contributed by atoms with E-state index in [1.807, 2.05) is 18.5 Å². The molecular formula is C16H21N3O3S. The quantitative estimate of drug-likeness (QED) is 0.840. The Balaban J connectivity index is 2.12. The number of hydrogen-bond acceptors (Lipinski definition) is 3.